The van der Waals surface area contributed by atoms with Crippen LogP contribution in [0, 0.1) is 0 Å². The van der Waals surface area contributed by atoms with Gasteiger partial charge in [-0.15, -0.1) is 0 Å². The number of thioether (sulfide) groups is 1. The van der Waals surface area contributed by atoms with Crippen LogP contribution in [-0.4, -0.2) is 51.9 Å². The molecule has 2 N–H and O–H groups in total. The highest BCUT2D eigenvalue weighted by atomic mass is 32.2. The van der Waals surface area contributed by atoms with Gasteiger partial charge in [0, 0.05) is 37.1 Å². The van der Waals surface area contributed by atoms with E-state index in [1.165, 1.54) is 6.92 Å². The molecule has 0 unspecified atom stereocenters. The van der Waals surface area contributed by atoms with Crippen molar-refractivity contribution in [2.45, 2.75) is 25.9 Å². The number of hydrogen-bond donors (Lipinski definition) is 2. The van der Waals surface area contributed by atoms with Crippen LogP contribution < -0.4 is 5.32 Å². The van der Waals surface area contributed by atoms with Gasteiger partial charge in [0.2, 0.25) is 5.91 Å². The fourth-order valence-electron chi connectivity index (χ4n) is 2.45. The van der Waals surface area contributed by atoms with E-state index in [2.05, 4.69) is 5.32 Å². The minimum absolute atomic E-state index is 0.0284. The Morgan fingerprint density at radius 3 is 2.61 bits per heavy atom. The maximum Gasteiger partial charge on any atom is 0.305 e. The van der Waals surface area contributed by atoms with E-state index in [0.29, 0.717) is 24.4 Å². The van der Waals surface area contributed by atoms with Crippen LogP contribution in [0.2, 0.25) is 0 Å². The average Bonchev–Trinajstić information content (AvgIpc) is 2.53. The zero-order valence-electron chi connectivity index (χ0n) is 12.9. The number of carboxylic acid groups (broad SMARTS) is 1. The lowest BCUT2D eigenvalue weighted by molar-refractivity contribution is -0.138. The molecule has 1 aliphatic heterocycles. The number of benzene rings is 1. The Balaban J connectivity index is 2.05. The van der Waals surface area contributed by atoms with Gasteiger partial charge in [0.15, 0.2) is 0 Å². The van der Waals surface area contributed by atoms with Crippen LogP contribution in [0.4, 0.5) is 0 Å². The van der Waals surface area contributed by atoms with Crippen LogP contribution in [0.25, 0.3) is 0 Å². The standard InChI is InChI=1S/C16H20N2O4S/c1-11(19)17-9-12-2-4-13(5-3-12)16(22)18-6-7-23-10-14(18)8-15(20)21/h2-5,14H,6-10H2,1H3,(H,17,19)(H,20,21)/t14-/m1/s1. The number of hydrogen-bond acceptors (Lipinski definition) is 4. The maximum absolute atomic E-state index is 12.6. The minimum atomic E-state index is -0.888. The van der Waals surface area contributed by atoms with Crippen molar-refractivity contribution in [3.8, 4) is 0 Å². The summed E-state index contributed by atoms with van der Waals surface area (Å²) in [6.45, 7) is 2.44. The number of amides is 2. The lowest BCUT2D eigenvalue weighted by Gasteiger charge is -2.34. The molecule has 23 heavy (non-hydrogen) atoms. The van der Waals surface area contributed by atoms with Gasteiger partial charge >= 0.3 is 5.97 Å². The topological polar surface area (TPSA) is 86.7 Å². The molecule has 1 aliphatic rings. The summed E-state index contributed by atoms with van der Waals surface area (Å²) in [6, 6.07) is 6.78. The number of rotatable bonds is 5. The molecule has 2 amide bonds. The number of carbonyl (C=O) groups is 3. The van der Waals surface area contributed by atoms with E-state index < -0.39 is 5.97 Å². The number of nitrogens with one attached hydrogen (secondary N) is 1. The fraction of sp³-hybridized carbons (Fsp3) is 0.438. The van der Waals surface area contributed by atoms with Crippen molar-refractivity contribution < 1.29 is 19.5 Å². The van der Waals surface area contributed by atoms with Gasteiger partial charge in [-0.3, -0.25) is 14.4 Å². The van der Waals surface area contributed by atoms with Gasteiger partial charge in [-0.05, 0) is 17.7 Å². The largest absolute Gasteiger partial charge is 0.481 e. The molecule has 7 heteroatoms. The van der Waals surface area contributed by atoms with Crippen LogP contribution >= 0.6 is 11.8 Å². The Hall–Kier alpha value is -2.02. The van der Waals surface area contributed by atoms with Crippen molar-refractivity contribution in [3.05, 3.63) is 35.4 Å². The highest BCUT2D eigenvalue weighted by Gasteiger charge is 2.29. The Bertz CT molecular complexity index is 588. The molecule has 0 aromatic heterocycles. The monoisotopic (exact) mass is 336 g/mol. The van der Waals surface area contributed by atoms with Gasteiger partial charge in [0.1, 0.15) is 0 Å². The van der Waals surface area contributed by atoms with Crippen LogP contribution in [0.3, 0.4) is 0 Å². The molecule has 1 fully saturated rings. The van der Waals surface area contributed by atoms with Crippen molar-refractivity contribution in [1.29, 1.82) is 0 Å². The first-order chi connectivity index (χ1) is 11.0. The second-order valence-corrected chi connectivity index (χ2v) is 6.58. The van der Waals surface area contributed by atoms with E-state index in [4.69, 9.17) is 5.11 Å². The summed E-state index contributed by atoms with van der Waals surface area (Å²) in [4.78, 5) is 36.1. The van der Waals surface area contributed by atoms with Crippen molar-refractivity contribution in [1.82, 2.24) is 10.2 Å². The smallest absolute Gasteiger partial charge is 0.305 e. The predicted octanol–water partition coefficient (Wildman–Crippen LogP) is 1.35. The van der Waals surface area contributed by atoms with Crippen molar-refractivity contribution in [3.63, 3.8) is 0 Å². The quantitative estimate of drug-likeness (QED) is 0.848. The highest BCUT2D eigenvalue weighted by molar-refractivity contribution is 7.99. The summed E-state index contributed by atoms with van der Waals surface area (Å²) in [7, 11) is 0. The maximum atomic E-state index is 12.6. The number of carbonyl (C=O) groups excluding carboxylic acids is 2. The first-order valence-corrected chi connectivity index (χ1v) is 8.56. The van der Waals surface area contributed by atoms with Gasteiger partial charge < -0.3 is 15.3 Å². The second-order valence-electron chi connectivity index (χ2n) is 5.43. The third-order valence-corrected chi connectivity index (χ3v) is 4.73. The Morgan fingerprint density at radius 1 is 1.30 bits per heavy atom. The van der Waals surface area contributed by atoms with E-state index in [9.17, 15) is 14.4 Å². The van der Waals surface area contributed by atoms with E-state index in [-0.39, 0.29) is 24.3 Å². The van der Waals surface area contributed by atoms with Gasteiger partial charge in [-0.25, -0.2) is 0 Å². The first-order valence-electron chi connectivity index (χ1n) is 7.41. The summed E-state index contributed by atoms with van der Waals surface area (Å²) in [5.41, 5.74) is 1.45. The zero-order valence-corrected chi connectivity index (χ0v) is 13.8. The summed E-state index contributed by atoms with van der Waals surface area (Å²) in [6.07, 6.45) is -0.0284. The Kier molecular flexibility index (Phi) is 6.04. The first kappa shape index (κ1) is 17.3. The molecule has 1 aromatic carbocycles. The zero-order chi connectivity index (χ0) is 16.8. The summed E-state index contributed by atoms with van der Waals surface area (Å²) in [5.74, 6) is 0.345. The van der Waals surface area contributed by atoms with Crippen LogP contribution in [0.1, 0.15) is 29.3 Å². The molecule has 1 atom stereocenters. The van der Waals surface area contributed by atoms with Gasteiger partial charge in [-0.2, -0.15) is 11.8 Å². The lowest BCUT2D eigenvalue weighted by Crippen LogP contribution is -2.47. The molecule has 1 aromatic rings. The van der Waals surface area contributed by atoms with Gasteiger partial charge in [-0.1, -0.05) is 12.1 Å². The van der Waals surface area contributed by atoms with Gasteiger partial charge in [0.25, 0.3) is 5.91 Å². The molecule has 0 aliphatic carbocycles. The molecule has 0 radical (unpaired) electrons. The van der Waals surface area contributed by atoms with E-state index >= 15 is 0 Å². The predicted molar refractivity (Wildman–Crippen MR) is 88.4 cm³/mol. The fourth-order valence-corrected chi connectivity index (χ4v) is 3.51. The second kappa shape index (κ2) is 8.01. The molecule has 0 spiro atoms. The van der Waals surface area contributed by atoms with E-state index in [1.807, 2.05) is 0 Å². The molecule has 0 saturated carbocycles. The SMILES string of the molecule is CC(=O)NCc1ccc(C(=O)N2CCSC[C@H]2CC(=O)O)cc1. The molecule has 0 bridgehead atoms. The molecular formula is C16H20N2O4S. The van der Waals surface area contributed by atoms with Crippen LogP contribution in [-0.2, 0) is 16.1 Å². The van der Waals surface area contributed by atoms with Crippen LogP contribution in [0.5, 0.6) is 0 Å². The van der Waals surface area contributed by atoms with E-state index in [0.717, 1.165) is 11.3 Å². The normalized spacial score (nSPS) is 17.6. The van der Waals surface area contributed by atoms with Gasteiger partial charge in [0.05, 0.1) is 12.5 Å². The minimum Gasteiger partial charge on any atom is -0.481 e. The molecule has 1 heterocycles. The van der Waals surface area contributed by atoms with Crippen molar-refractivity contribution in [2.24, 2.45) is 0 Å². The van der Waals surface area contributed by atoms with E-state index in [1.54, 1.807) is 40.9 Å². The number of nitrogens with zero attached hydrogens (tertiary/aromatic N) is 1. The molecule has 124 valence electrons. The Labute approximate surface area is 139 Å². The third kappa shape index (κ3) is 4.99. The molecule has 2 rings (SSSR count). The van der Waals surface area contributed by atoms with Crippen LogP contribution in [0.15, 0.2) is 24.3 Å². The average molecular weight is 336 g/mol. The summed E-state index contributed by atoms with van der Waals surface area (Å²) in [5, 5.41) is 11.7. The third-order valence-electron chi connectivity index (χ3n) is 3.64. The Morgan fingerprint density at radius 2 is 2.00 bits per heavy atom. The molecule has 6 nitrogen and oxygen atoms in total. The molecular weight excluding hydrogens is 316 g/mol. The summed E-state index contributed by atoms with van der Waals surface area (Å²) < 4.78 is 0. The van der Waals surface area contributed by atoms with Crippen molar-refractivity contribution >= 4 is 29.5 Å². The number of aliphatic carboxylic acids is 1. The highest BCUT2D eigenvalue weighted by Crippen LogP contribution is 2.21. The summed E-state index contributed by atoms with van der Waals surface area (Å²) >= 11 is 1.68. The lowest BCUT2D eigenvalue weighted by atomic mass is 10.1. The van der Waals surface area contributed by atoms with Crippen molar-refractivity contribution in [2.75, 3.05) is 18.1 Å². The number of carboxylic acids is 1. The molecule has 1 saturated heterocycles.